The largest absolute Gasteiger partial charge is 0.269 e. The molecule has 0 spiro atoms. The number of rotatable bonds is 0. The van der Waals surface area contributed by atoms with Gasteiger partial charge in [0.15, 0.2) is 0 Å². The maximum Gasteiger partial charge on any atom is 0.0227 e. The van der Waals surface area contributed by atoms with Gasteiger partial charge in [0.1, 0.15) is 0 Å². The molecule has 1 heterocycles. The van der Waals surface area contributed by atoms with E-state index < -0.39 is 0 Å². The van der Waals surface area contributed by atoms with Crippen molar-refractivity contribution in [3.63, 3.8) is 0 Å². The lowest BCUT2D eigenvalue weighted by atomic mass is 9.74. The fourth-order valence-electron chi connectivity index (χ4n) is 2.18. The van der Waals surface area contributed by atoms with Crippen molar-refractivity contribution in [3.05, 3.63) is 12.3 Å². The highest BCUT2D eigenvalue weighted by Crippen LogP contribution is 2.34. The van der Waals surface area contributed by atoms with Gasteiger partial charge in [-0.3, -0.25) is 4.99 Å². The molecule has 1 nitrogen and oxygen atoms in total. The molecule has 0 radical (unpaired) electrons. The molecular formula is C12H21N. The summed E-state index contributed by atoms with van der Waals surface area (Å²) in [5.41, 5.74) is 0. The van der Waals surface area contributed by atoms with Crippen LogP contribution in [0.1, 0.15) is 40.0 Å². The van der Waals surface area contributed by atoms with Gasteiger partial charge in [-0.1, -0.05) is 33.3 Å². The fraction of sp³-hybridized carbons (Fsp3) is 0.750. The maximum atomic E-state index is 4.19. The second-order valence-corrected chi connectivity index (χ2v) is 3.89. The van der Waals surface area contributed by atoms with Gasteiger partial charge in [0.25, 0.3) is 0 Å². The summed E-state index contributed by atoms with van der Waals surface area (Å²) in [6.07, 6.45) is 10.5. The predicted molar refractivity (Wildman–Crippen MR) is 59.0 cm³/mol. The standard InChI is InChI=1S/C10H15N.C2H6/c1-8-2-3-9-4-5-11-7-10(9)6-8;1-2/h4-5,7-10H,2-3,6H2,1H3;1-2H3. The Morgan fingerprint density at radius 1 is 1.15 bits per heavy atom. The molecule has 0 saturated heterocycles. The Hall–Kier alpha value is -0.590. The summed E-state index contributed by atoms with van der Waals surface area (Å²) >= 11 is 0. The lowest BCUT2D eigenvalue weighted by molar-refractivity contribution is 0.283. The second-order valence-electron chi connectivity index (χ2n) is 3.89. The third-order valence-electron chi connectivity index (χ3n) is 2.91. The number of nitrogens with zero attached hydrogens (tertiary/aromatic N) is 1. The van der Waals surface area contributed by atoms with Crippen LogP contribution >= 0.6 is 0 Å². The van der Waals surface area contributed by atoms with E-state index >= 15 is 0 Å². The molecule has 3 atom stereocenters. The lowest BCUT2D eigenvalue weighted by Gasteiger charge is -2.31. The molecule has 1 aliphatic heterocycles. The second kappa shape index (κ2) is 5.21. The van der Waals surface area contributed by atoms with Gasteiger partial charge in [0.05, 0.1) is 0 Å². The van der Waals surface area contributed by atoms with Crippen LogP contribution in [0.5, 0.6) is 0 Å². The summed E-state index contributed by atoms with van der Waals surface area (Å²) in [5.74, 6) is 2.47. The minimum atomic E-state index is 0.753. The van der Waals surface area contributed by atoms with Gasteiger partial charge in [-0.05, 0) is 24.7 Å². The molecule has 0 aromatic carbocycles. The summed E-state index contributed by atoms with van der Waals surface area (Å²) in [7, 11) is 0. The van der Waals surface area contributed by atoms with Crippen molar-refractivity contribution >= 4 is 6.21 Å². The van der Waals surface area contributed by atoms with E-state index in [9.17, 15) is 0 Å². The molecule has 0 N–H and O–H groups in total. The number of fused-ring (bicyclic) bond motifs is 1. The average Bonchev–Trinajstić information content (AvgIpc) is 2.21. The number of aliphatic imine (C=N–C) groups is 1. The number of allylic oxidation sites excluding steroid dienone is 1. The van der Waals surface area contributed by atoms with Crippen LogP contribution in [0, 0.1) is 17.8 Å². The van der Waals surface area contributed by atoms with Crippen molar-refractivity contribution in [2.45, 2.75) is 40.0 Å². The Balaban J connectivity index is 0.000000396. The number of hydrogen-bond acceptors (Lipinski definition) is 1. The predicted octanol–water partition coefficient (Wildman–Crippen LogP) is 3.66. The van der Waals surface area contributed by atoms with E-state index in [-0.39, 0.29) is 0 Å². The van der Waals surface area contributed by atoms with Gasteiger partial charge in [-0.25, -0.2) is 0 Å². The molecule has 0 amide bonds. The molecule has 0 bridgehead atoms. The van der Waals surface area contributed by atoms with Crippen LogP contribution in [0.3, 0.4) is 0 Å². The van der Waals surface area contributed by atoms with Crippen LogP contribution < -0.4 is 0 Å². The first kappa shape index (κ1) is 10.5. The van der Waals surface area contributed by atoms with Crippen molar-refractivity contribution < 1.29 is 0 Å². The minimum absolute atomic E-state index is 0.753. The van der Waals surface area contributed by atoms with Crippen molar-refractivity contribution in [1.29, 1.82) is 0 Å². The Bertz CT molecular complexity index is 193. The molecule has 74 valence electrons. The Kier molecular flexibility index (Phi) is 4.20. The molecule has 2 aliphatic rings. The molecule has 3 unspecified atom stereocenters. The quantitative estimate of drug-likeness (QED) is 0.538. The Morgan fingerprint density at radius 2 is 1.92 bits per heavy atom. The highest BCUT2D eigenvalue weighted by molar-refractivity contribution is 5.63. The zero-order valence-corrected chi connectivity index (χ0v) is 9.03. The smallest absolute Gasteiger partial charge is 0.0227 e. The molecule has 0 aromatic rings. The molecule has 1 saturated carbocycles. The molecule has 1 fully saturated rings. The topological polar surface area (TPSA) is 12.4 Å². The molecule has 1 aliphatic carbocycles. The van der Waals surface area contributed by atoms with E-state index in [2.05, 4.69) is 24.2 Å². The summed E-state index contributed by atoms with van der Waals surface area (Å²) in [5, 5.41) is 0. The SMILES string of the molecule is CC.CC1CCC2C=CN=CC2C1. The Labute approximate surface area is 82.0 Å². The molecular weight excluding hydrogens is 158 g/mol. The van der Waals surface area contributed by atoms with Crippen LogP contribution in [-0.2, 0) is 0 Å². The summed E-state index contributed by atoms with van der Waals surface area (Å²) in [6, 6.07) is 0. The van der Waals surface area contributed by atoms with Crippen molar-refractivity contribution in [3.8, 4) is 0 Å². The van der Waals surface area contributed by atoms with Gasteiger partial charge in [-0.15, -0.1) is 0 Å². The summed E-state index contributed by atoms with van der Waals surface area (Å²) < 4.78 is 0. The number of hydrogen-bond donors (Lipinski definition) is 0. The monoisotopic (exact) mass is 179 g/mol. The van der Waals surface area contributed by atoms with Gasteiger partial charge in [0.2, 0.25) is 0 Å². The first-order chi connectivity index (χ1) is 6.36. The van der Waals surface area contributed by atoms with Crippen LogP contribution in [0.25, 0.3) is 0 Å². The highest BCUT2D eigenvalue weighted by atomic mass is 14.7. The van der Waals surface area contributed by atoms with Crippen LogP contribution in [0.2, 0.25) is 0 Å². The van der Waals surface area contributed by atoms with Crippen LogP contribution in [-0.4, -0.2) is 6.21 Å². The first-order valence-corrected chi connectivity index (χ1v) is 5.56. The van der Waals surface area contributed by atoms with Crippen molar-refractivity contribution in [1.82, 2.24) is 0 Å². The first-order valence-electron chi connectivity index (χ1n) is 5.56. The van der Waals surface area contributed by atoms with E-state index in [1.165, 1.54) is 19.3 Å². The normalized spacial score (nSPS) is 36.1. The molecule has 13 heavy (non-hydrogen) atoms. The molecule has 0 aromatic heterocycles. The van der Waals surface area contributed by atoms with Crippen molar-refractivity contribution in [2.24, 2.45) is 22.7 Å². The minimum Gasteiger partial charge on any atom is -0.269 e. The zero-order valence-electron chi connectivity index (χ0n) is 9.03. The maximum absolute atomic E-state index is 4.19. The van der Waals surface area contributed by atoms with E-state index in [0.717, 1.165) is 17.8 Å². The fourth-order valence-corrected chi connectivity index (χ4v) is 2.18. The van der Waals surface area contributed by atoms with E-state index in [1.807, 2.05) is 20.0 Å². The van der Waals surface area contributed by atoms with Crippen molar-refractivity contribution in [2.75, 3.05) is 0 Å². The third-order valence-corrected chi connectivity index (χ3v) is 2.91. The van der Waals surface area contributed by atoms with Gasteiger partial charge < -0.3 is 0 Å². The van der Waals surface area contributed by atoms with Gasteiger partial charge in [0, 0.05) is 18.3 Å². The molecule has 1 heteroatoms. The lowest BCUT2D eigenvalue weighted by Crippen LogP contribution is -2.24. The highest BCUT2D eigenvalue weighted by Gasteiger charge is 2.26. The van der Waals surface area contributed by atoms with E-state index in [0.29, 0.717) is 0 Å². The molecule has 2 rings (SSSR count). The summed E-state index contributed by atoms with van der Waals surface area (Å²) in [6.45, 7) is 6.35. The van der Waals surface area contributed by atoms with Crippen LogP contribution in [0.15, 0.2) is 17.3 Å². The Morgan fingerprint density at radius 3 is 2.69 bits per heavy atom. The summed E-state index contributed by atoms with van der Waals surface area (Å²) in [4.78, 5) is 4.19. The average molecular weight is 179 g/mol. The van der Waals surface area contributed by atoms with Crippen LogP contribution in [0.4, 0.5) is 0 Å². The van der Waals surface area contributed by atoms with Gasteiger partial charge >= 0.3 is 0 Å². The van der Waals surface area contributed by atoms with Gasteiger partial charge in [-0.2, -0.15) is 0 Å². The van der Waals surface area contributed by atoms with E-state index in [1.54, 1.807) is 0 Å². The third kappa shape index (κ3) is 2.68. The zero-order chi connectivity index (χ0) is 9.68. The van der Waals surface area contributed by atoms with E-state index in [4.69, 9.17) is 0 Å².